The average molecular weight is 303 g/mol. The summed E-state index contributed by atoms with van der Waals surface area (Å²) in [5.41, 5.74) is 2.33. The molecule has 120 valence electrons. The van der Waals surface area contributed by atoms with Gasteiger partial charge in [0.25, 0.3) is 0 Å². The summed E-state index contributed by atoms with van der Waals surface area (Å²) < 4.78 is 0. The third kappa shape index (κ3) is 4.48. The molecule has 1 fully saturated rings. The lowest BCUT2D eigenvalue weighted by Crippen LogP contribution is -2.40. The third-order valence-electron chi connectivity index (χ3n) is 3.86. The molecule has 0 radical (unpaired) electrons. The molecule has 0 aromatic heterocycles. The Balaban J connectivity index is 1.81. The van der Waals surface area contributed by atoms with Gasteiger partial charge in [0.2, 0.25) is 5.91 Å². The van der Waals surface area contributed by atoms with Crippen LogP contribution < -0.4 is 5.32 Å². The number of unbranched alkanes of at least 4 members (excludes halogenated alkanes) is 1. The summed E-state index contributed by atoms with van der Waals surface area (Å²) in [7, 11) is 0. The molecule has 0 bridgehead atoms. The Labute approximate surface area is 132 Å². The van der Waals surface area contributed by atoms with E-state index in [1.807, 2.05) is 19.1 Å². The first-order chi connectivity index (χ1) is 10.6. The number of rotatable bonds is 7. The van der Waals surface area contributed by atoms with Crippen molar-refractivity contribution in [1.82, 2.24) is 15.1 Å². The molecule has 1 heterocycles. The number of hydrogen-bond donors (Lipinski definition) is 1. The van der Waals surface area contributed by atoms with E-state index in [9.17, 15) is 9.59 Å². The maximum atomic E-state index is 12.3. The topological polar surface area (TPSA) is 52.7 Å². The summed E-state index contributed by atoms with van der Waals surface area (Å²) in [4.78, 5) is 27.5. The summed E-state index contributed by atoms with van der Waals surface area (Å²) >= 11 is 0. The highest BCUT2D eigenvalue weighted by atomic mass is 16.2. The summed E-state index contributed by atoms with van der Waals surface area (Å²) in [6.07, 6.45) is 2.02. The number of nitrogens with zero attached hydrogens (tertiary/aromatic N) is 2. The highest BCUT2D eigenvalue weighted by Gasteiger charge is 2.29. The smallest absolute Gasteiger partial charge is 0.320 e. The molecule has 0 spiro atoms. The van der Waals surface area contributed by atoms with Crippen molar-refractivity contribution in [3.05, 3.63) is 35.4 Å². The second-order valence-electron chi connectivity index (χ2n) is 5.81. The molecule has 0 aliphatic carbocycles. The second kappa shape index (κ2) is 7.82. The maximum absolute atomic E-state index is 12.3. The Morgan fingerprint density at radius 2 is 1.86 bits per heavy atom. The first-order valence-electron chi connectivity index (χ1n) is 7.96. The van der Waals surface area contributed by atoms with Crippen LogP contribution in [-0.4, -0.2) is 47.9 Å². The summed E-state index contributed by atoms with van der Waals surface area (Å²) in [5.74, 6) is -0.0704. The minimum Gasteiger partial charge on any atom is -0.355 e. The Morgan fingerprint density at radius 3 is 2.55 bits per heavy atom. The molecule has 0 atom stereocenters. The van der Waals surface area contributed by atoms with Crippen LogP contribution in [0.3, 0.4) is 0 Å². The first kappa shape index (κ1) is 16.3. The number of hydrogen-bond acceptors (Lipinski definition) is 2. The molecule has 22 heavy (non-hydrogen) atoms. The van der Waals surface area contributed by atoms with E-state index < -0.39 is 0 Å². The largest absolute Gasteiger partial charge is 0.355 e. The summed E-state index contributed by atoms with van der Waals surface area (Å²) in [6.45, 7) is 6.87. The lowest BCUT2D eigenvalue weighted by molar-refractivity contribution is -0.121. The van der Waals surface area contributed by atoms with Crippen molar-refractivity contribution in [2.75, 3.05) is 26.2 Å². The number of nitrogens with one attached hydrogen (secondary N) is 1. The molecule has 1 aromatic rings. The number of amides is 3. The molecule has 0 unspecified atom stereocenters. The Kier molecular flexibility index (Phi) is 5.81. The van der Waals surface area contributed by atoms with Crippen molar-refractivity contribution in [3.8, 4) is 0 Å². The van der Waals surface area contributed by atoms with Gasteiger partial charge in [0.15, 0.2) is 0 Å². The fourth-order valence-electron chi connectivity index (χ4n) is 2.47. The van der Waals surface area contributed by atoms with Crippen LogP contribution in [0, 0.1) is 6.92 Å². The number of aryl methyl sites for hydroxylation is 1. The van der Waals surface area contributed by atoms with E-state index in [-0.39, 0.29) is 18.5 Å². The minimum atomic E-state index is -0.0704. The number of carbonyl (C=O) groups excluding carboxylic acids is 2. The fraction of sp³-hybridized carbons (Fsp3) is 0.529. The molecular formula is C17H25N3O2. The maximum Gasteiger partial charge on any atom is 0.320 e. The first-order valence-corrected chi connectivity index (χ1v) is 7.96. The zero-order valence-electron chi connectivity index (χ0n) is 13.5. The molecule has 2 rings (SSSR count). The summed E-state index contributed by atoms with van der Waals surface area (Å²) in [6, 6.07) is 8.14. The van der Waals surface area contributed by atoms with Crippen LogP contribution >= 0.6 is 0 Å². The van der Waals surface area contributed by atoms with Gasteiger partial charge in [-0.1, -0.05) is 43.2 Å². The standard InChI is InChI=1S/C17H25N3O2/c1-3-4-9-18-16(21)13-20-11-10-19(17(20)22)12-15-7-5-14(2)6-8-15/h5-8H,3-4,9-13H2,1-2H3,(H,18,21). The third-order valence-corrected chi connectivity index (χ3v) is 3.86. The molecule has 1 N–H and O–H groups in total. The molecule has 1 aliphatic heterocycles. The van der Waals surface area contributed by atoms with Crippen molar-refractivity contribution in [2.24, 2.45) is 0 Å². The second-order valence-corrected chi connectivity index (χ2v) is 5.81. The van der Waals surface area contributed by atoms with E-state index in [0.29, 0.717) is 26.2 Å². The highest BCUT2D eigenvalue weighted by molar-refractivity contribution is 5.85. The normalized spacial score (nSPS) is 14.5. The Morgan fingerprint density at radius 1 is 1.18 bits per heavy atom. The van der Waals surface area contributed by atoms with Crippen LogP contribution in [0.25, 0.3) is 0 Å². The highest BCUT2D eigenvalue weighted by Crippen LogP contribution is 2.13. The van der Waals surface area contributed by atoms with E-state index in [1.54, 1.807) is 9.80 Å². The van der Waals surface area contributed by atoms with Gasteiger partial charge in [-0.25, -0.2) is 4.79 Å². The van der Waals surface area contributed by atoms with Gasteiger partial charge < -0.3 is 15.1 Å². The quantitative estimate of drug-likeness (QED) is 0.785. The van der Waals surface area contributed by atoms with Crippen molar-refractivity contribution in [3.63, 3.8) is 0 Å². The van der Waals surface area contributed by atoms with Crippen molar-refractivity contribution in [1.29, 1.82) is 0 Å². The zero-order valence-corrected chi connectivity index (χ0v) is 13.5. The van der Waals surface area contributed by atoms with E-state index in [1.165, 1.54) is 5.56 Å². The van der Waals surface area contributed by atoms with Crippen LogP contribution in [0.1, 0.15) is 30.9 Å². The number of urea groups is 1. The van der Waals surface area contributed by atoms with Crippen LogP contribution in [0.15, 0.2) is 24.3 Å². The monoisotopic (exact) mass is 303 g/mol. The van der Waals surface area contributed by atoms with E-state index in [0.717, 1.165) is 18.4 Å². The van der Waals surface area contributed by atoms with Gasteiger partial charge in [0.1, 0.15) is 6.54 Å². The van der Waals surface area contributed by atoms with Crippen LogP contribution in [-0.2, 0) is 11.3 Å². The molecule has 5 nitrogen and oxygen atoms in total. The zero-order chi connectivity index (χ0) is 15.9. The average Bonchev–Trinajstić information content (AvgIpc) is 2.83. The van der Waals surface area contributed by atoms with Gasteiger partial charge in [-0.15, -0.1) is 0 Å². The number of carbonyl (C=O) groups is 2. The van der Waals surface area contributed by atoms with Crippen molar-refractivity contribution >= 4 is 11.9 Å². The molecule has 1 saturated heterocycles. The lowest BCUT2D eigenvalue weighted by atomic mass is 10.1. The van der Waals surface area contributed by atoms with Gasteiger partial charge >= 0.3 is 6.03 Å². The van der Waals surface area contributed by atoms with E-state index in [4.69, 9.17) is 0 Å². The molecule has 1 aliphatic rings. The Hall–Kier alpha value is -2.04. The van der Waals surface area contributed by atoms with E-state index in [2.05, 4.69) is 24.4 Å². The van der Waals surface area contributed by atoms with Crippen LogP contribution in [0.4, 0.5) is 4.79 Å². The molecule has 3 amide bonds. The minimum absolute atomic E-state index is 0.0498. The fourth-order valence-corrected chi connectivity index (χ4v) is 2.47. The van der Waals surface area contributed by atoms with Gasteiger partial charge in [0.05, 0.1) is 0 Å². The van der Waals surface area contributed by atoms with Gasteiger partial charge in [-0.2, -0.15) is 0 Å². The molecule has 1 aromatic carbocycles. The lowest BCUT2D eigenvalue weighted by Gasteiger charge is -2.18. The van der Waals surface area contributed by atoms with Crippen LogP contribution in [0.2, 0.25) is 0 Å². The predicted molar refractivity (Wildman–Crippen MR) is 86.5 cm³/mol. The van der Waals surface area contributed by atoms with Gasteiger partial charge in [-0.05, 0) is 18.9 Å². The molecular weight excluding hydrogens is 278 g/mol. The summed E-state index contributed by atoms with van der Waals surface area (Å²) in [5, 5.41) is 2.85. The predicted octanol–water partition coefficient (Wildman–Crippen LogP) is 2.15. The molecule has 0 saturated carbocycles. The van der Waals surface area contributed by atoms with Crippen molar-refractivity contribution in [2.45, 2.75) is 33.2 Å². The van der Waals surface area contributed by atoms with Gasteiger partial charge in [0, 0.05) is 26.2 Å². The molecule has 5 heteroatoms. The van der Waals surface area contributed by atoms with Crippen molar-refractivity contribution < 1.29 is 9.59 Å². The Bertz CT molecular complexity index is 513. The number of benzene rings is 1. The van der Waals surface area contributed by atoms with E-state index >= 15 is 0 Å². The van der Waals surface area contributed by atoms with Crippen LogP contribution in [0.5, 0.6) is 0 Å². The SMILES string of the molecule is CCCCNC(=O)CN1CCN(Cc2ccc(C)cc2)C1=O. The van der Waals surface area contributed by atoms with Gasteiger partial charge in [-0.3, -0.25) is 4.79 Å².